The van der Waals surface area contributed by atoms with Crippen LogP contribution in [0.4, 0.5) is 5.69 Å². The minimum absolute atomic E-state index is 0.0397. The number of piperazine rings is 1. The van der Waals surface area contributed by atoms with Crippen molar-refractivity contribution in [1.29, 1.82) is 0 Å². The number of ether oxygens (including phenoxy) is 1. The van der Waals surface area contributed by atoms with Crippen molar-refractivity contribution >= 4 is 11.6 Å². The first-order valence-electron chi connectivity index (χ1n) is 13.1. The lowest BCUT2D eigenvalue weighted by Crippen LogP contribution is -2.56. The molecule has 1 amide bonds. The number of rotatable bonds is 8. The number of aryl methyl sites for hydroxylation is 2. The largest absolute Gasteiger partial charge is 0.508 e. The van der Waals surface area contributed by atoms with Crippen LogP contribution in [-0.4, -0.2) is 54.2 Å². The number of hydrogen-bond acceptors (Lipinski definition) is 5. The van der Waals surface area contributed by atoms with Crippen molar-refractivity contribution in [1.82, 2.24) is 10.2 Å². The second kappa shape index (κ2) is 11.7. The molecule has 6 heteroatoms. The fourth-order valence-corrected chi connectivity index (χ4v) is 4.83. The molecule has 196 valence electrons. The van der Waals surface area contributed by atoms with Crippen LogP contribution in [0.1, 0.15) is 42.3 Å². The van der Waals surface area contributed by atoms with E-state index in [-0.39, 0.29) is 11.9 Å². The Labute approximate surface area is 220 Å². The highest BCUT2D eigenvalue weighted by atomic mass is 16.5. The number of anilines is 1. The van der Waals surface area contributed by atoms with Gasteiger partial charge in [-0.2, -0.15) is 0 Å². The van der Waals surface area contributed by atoms with Crippen LogP contribution in [0.25, 0.3) is 0 Å². The third-order valence-electron chi connectivity index (χ3n) is 7.14. The quantitative estimate of drug-likeness (QED) is 0.410. The van der Waals surface area contributed by atoms with Crippen LogP contribution in [0, 0.1) is 19.8 Å². The summed E-state index contributed by atoms with van der Waals surface area (Å²) in [6.07, 6.45) is 0. The Morgan fingerprint density at radius 3 is 2.49 bits per heavy atom. The Hall–Kier alpha value is -3.51. The number of aromatic hydroxyl groups is 1. The van der Waals surface area contributed by atoms with Crippen LogP contribution in [0.15, 0.2) is 66.7 Å². The van der Waals surface area contributed by atoms with Gasteiger partial charge in [-0.25, -0.2) is 0 Å². The van der Waals surface area contributed by atoms with Gasteiger partial charge in [-0.1, -0.05) is 32.0 Å². The highest BCUT2D eigenvalue weighted by Crippen LogP contribution is 2.27. The molecule has 0 aromatic heterocycles. The summed E-state index contributed by atoms with van der Waals surface area (Å²) in [5.41, 5.74) is 3.89. The van der Waals surface area contributed by atoms with Gasteiger partial charge in [0.1, 0.15) is 17.2 Å². The van der Waals surface area contributed by atoms with Gasteiger partial charge in [0.05, 0.1) is 0 Å². The summed E-state index contributed by atoms with van der Waals surface area (Å²) in [6, 6.07) is 21.3. The van der Waals surface area contributed by atoms with Crippen molar-refractivity contribution in [3.05, 3.63) is 83.4 Å². The van der Waals surface area contributed by atoms with Gasteiger partial charge < -0.3 is 20.1 Å². The van der Waals surface area contributed by atoms with E-state index in [1.807, 2.05) is 68.4 Å². The Morgan fingerprint density at radius 2 is 1.81 bits per heavy atom. The van der Waals surface area contributed by atoms with E-state index in [2.05, 4.69) is 42.0 Å². The first-order valence-corrected chi connectivity index (χ1v) is 13.1. The summed E-state index contributed by atoms with van der Waals surface area (Å²) in [7, 11) is 0. The number of carbonyl (C=O) groups is 1. The van der Waals surface area contributed by atoms with Crippen molar-refractivity contribution in [3.63, 3.8) is 0 Å². The lowest BCUT2D eigenvalue weighted by Gasteiger charge is -2.42. The van der Waals surface area contributed by atoms with Gasteiger partial charge in [-0.05, 0) is 80.3 Å². The number of amides is 1. The van der Waals surface area contributed by atoms with Crippen LogP contribution < -0.4 is 15.0 Å². The molecule has 1 saturated heterocycles. The zero-order chi connectivity index (χ0) is 26.5. The molecule has 0 bridgehead atoms. The van der Waals surface area contributed by atoms with Crippen LogP contribution in [0.3, 0.4) is 0 Å². The molecule has 3 aromatic carbocycles. The van der Waals surface area contributed by atoms with Gasteiger partial charge in [0, 0.05) is 55.6 Å². The van der Waals surface area contributed by atoms with Crippen LogP contribution >= 0.6 is 0 Å². The summed E-state index contributed by atoms with van der Waals surface area (Å²) in [4.78, 5) is 17.9. The maximum atomic E-state index is 13.1. The Kier molecular flexibility index (Phi) is 8.39. The molecule has 2 atom stereocenters. The first kappa shape index (κ1) is 26.6. The minimum atomic E-state index is -0.0663. The second-order valence-electron chi connectivity index (χ2n) is 10.5. The number of benzene rings is 3. The van der Waals surface area contributed by atoms with E-state index in [0.29, 0.717) is 29.0 Å². The van der Waals surface area contributed by atoms with Crippen LogP contribution in [-0.2, 0) is 0 Å². The number of nitrogens with one attached hydrogen (secondary N) is 1. The summed E-state index contributed by atoms with van der Waals surface area (Å²) in [5.74, 6) is 2.07. The van der Waals surface area contributed by atoms with Crippen molar-refractivity contribution < 1.29 is 14.6 Å². The molecule has 0 saturated carbocycles. The second-order valence-corrected chi connectivity index (χ2v) is 10.5. The third kappa shape index (κ3) is 6.83. The highest BCUT2D eigenvalue weighted by Gasteiger charge is 2.27. The molecular weight excluding hydrogens is 462 g/mol. The van der Waals surface area contributed by atoms with Crippen molar-refractivity contribution in [3.8, 4) is 17.2 Å². The summed E-state index contributed by atoms with van der Waals surface area (Å²) in [5, 5.41) is 13.1. The molecule has 4 rings (SSSR count). The van der Waals surface area contributed by atoms with Crippen molar-refractivity contribution in [2.45, 2.75) is 46.7 Å². The molecule has 0 radical (unpaired) electrons. The highest BCUT2D eigenvalue weighted by molar-refractivity contribution is 5.94. The first-order chi connectivity index (χ1) is 17.7. The van der Waals surface area contributed by atoms with E-state index in [0.717, 1.165) is 48.7 Å². The molecule has 1 heterocycles. The molecule has 1 aliphatic heterocycles. The molecule has 0 spiro atoms. The smallest absolute Gasteiger partial charge is 0.251 e. The van der Waals surface area contributed by atoms with E-state index < -0.39 is 0 Å². The number of hydrogen-bond donors (Lipinski definition) is 2. The molecule has 0 unspecified atom stereocenters. The van der Waals surface area contributed by atoms with E-state index >= 15 is 0 Å². The maximum Gasteiger partial charge on any atom is 0.251 e. The molecule has 1 aliphatic rings. The summed E-state index contributed by atoms with van der Waals surface area (Å²) >= 11 is 0. The van der Waals surface area contributed by atoms with Gasteiger partial charge in [0.25, 0.3) is 5.91 Å². The van der Waals surface area contributed by atoms with Gasteiger partial charge >= 0.3 is 0 Å². The predicted octanol–water partition coefficient (Wildman–Crippen LogP) is 5.77. The zero-order valence-electron chi connectivity index (χ0n) is 22.6. The predicted molar refractivity (Wildman–Crippen MR) is 150 cm³/mol. The van der Waals surface area contributed by atoms with Crippen LogP contribution in [0.2, 0.25) is 0 Å². The van der Waals surface area contributed by atoms with Gasteiger partial charge in [-0.15, -0.1) is 0 Å². The van der Waals surface area contributed by atoms with E-state index in [1.54, 1.807) is 6.07 Å². The fraction of sp³-hybridized carbons (Fsp3) is 0.387. The van der Waals surface area contributed by atoms with Gasteiger partial charge in [0.2, 0.25) is 0 Å². The van der Waals surface area contributed by atoms with E-state index in [1.165, 1.54) is 0 Å². The lowest BCUT2D eigenvalue weighted by molar-refractivity contribution is 0.0903. The molecule has 3 aromatic rings. The SMILES string of the molecule is Cc1ccc(C)c(Oc2ccc(C(=O)N[C@H](CN3CCN(c4cccc(O)c4)[C@@H](C)C3)C(C)C)cc2)c1. The zero-order valence-corrected chi connectivity index (χ0v) is 22.6. The molecule has 2 N–H and O–H groups in total. The molecule has 0 aliphatic carbocycles. The molecule has 6 nitrogen and oxygen atoms in total. The Bertz CT molecular complexity index is 1210. The minimum Gasteiger partial charge on any atom is -0.508 e. The Balaban J connectivity index is 1.34. The number of carbonyl (C=O) groups excluding carboxylic acids is 1. The molecule has 37 heavy (non-hydrogen) atoms. The van der Waals surface area contributed by atoms with Crippen molar-refractivity contribution in [2.75, 3.05) is 31.1 Å². The molecule has 1 fully saturated rings. The van der Waals surface area contributed by atoms with Crippen LogP contribution in [0.5, 0.6) is 17.2 Å². The number of nitrogens with zero attached hydrogens (tertiary/aromatic N) is 2. The fourth-order valence-electron chi connectivity index (χ4n) is 4.83. The summed E-state index contributed by atoms with van der Waals surface area (Å²) < 4.78 is 6.05. The van der Waals surface area contributed by atoms with Gasteiger partial charge in [-0.3, -0.25) is 9.69 Å². The average Bonchev–Trinajstić information content (AvgIpc) is 2.86. The Morgan fingerprint density at radius 1 is 1.05 bits per heavy atom. The lowest BCUT2D eigenvalue weighted by atomic mass is 10.0. The molecular formula is C31H39N3O3. The monoisotopic (exact) mass is 501 g/mol. The standard InChI is InChI=1S/C31H39N3O3/c1-21(2)29(20-33-15-16-34(24(5)19-33)26-7-6-8-27(35)18-26)32-31(36)25-11-13-28(14-12-25)37-30-17-22(3)9-10-23(30)4/h6-14,17-18,21,24,29,35H,15-16,19-20H2,1-5H3,(H,32,36)/t24-,29+/m0/s1. The van der Waals surface area contributed by atoms with Crippen molar-refractivity contribution in [2.24, 2.45) is 5.92 Å². The summed E-state index contributed by atoms with van der Waals surface area (Å²) in [6.45, 7) is 14.1. The average molecular weight is 502 g/mol. The third-order valence-corrected chi connectivity index (χ3v) is 7.14. The van der Waals surface area contributed by atoms with Gasteiger partial charge in [0.15, 0.2) is 0 Å². The normalized spacial score (nSPS) is 17.0. The topological polar surface area (TPSA) is 65.0 Å². The maximum absolute atomic E-state index is 13.1. The van der Waals surface area contributed by atoms with E-state index in [4.69, 9.17) is 4.74 Å². The van der Waals surface area contributed by atoms with E-state index in [9.17, 15) is 9.90 Å². The number of phenolic OH excluding ortho intramolecular Hbond substituents is 1. The number of phenols is 1.